The molecule has 0 bridgehead atoms. The number of hydrogen-bond donors (Lipinski definition) is 0. The van der Waals surface area contributed by atoms with Crippen molar-refractivity contribution in [2.45, 2.75) is 19.0 Å². The SMILES string of the molecule is FC(F)(F)C1CCN(c2ccc3ncc(I)n3n2)CC1. The van der Waals surface area contributed by atoms with Gasteiger partial charge in [-0.25, -0.2) is 9.50 Å². The van der Waals surface area contributed by atoms with E-state index in [4.69, 9.17) is 0 Å². The third-order valence-corrected chi connectivity index (χ3v) is 4.32. The van der Waals surface area contributed by atoms with E-state index in [1.807, 2.05) is 17.0 Å². The Morgan fingerprint density at radius 1 is 1.20 bits per heavy atom. The first-order chi connectivity index (χ1) is 9.45. The summed E-state index contributed by atoms with van der Waals surface area (Å²) in [5.41, 5.74) is 0.739. The van der Waals surface area contributed by atoms with Crippen LogP contribution in [0.5, 0.6) is 0 Å². The molecule has 2 aromatic heterocycles. The quantitative estimate of drug-likeness (QED) is 0.695. The largest absolute Gasteiger partial charge is 0.391 e. The molecule has 4 nitrogen and oxygen atoms in total. The number of rotatable bonds is 1. The Morgan fingerprint density at radius 3 is 2.55 bits per heavy atom. The molecule has 1 fully saturated rings. The molecule has 0 unspecified atom stereocenters. The molecular weight excluding hydrogens is 384 g/mol. The third kappa shape index (κ3) is 2.57. The molecule has 0 aliphatic carbocycles. The highest BCUT2D eigenvalue weighted by atomic mass is 127. The van der Waals surface area contributed by atoms with Gasteiger partial charge in [-0.2, -0.15) is 13.2 Å². The second-order valence-corrected chi connectivity index (χ2v) is 5.95. The van der Waals surface area contributed by atoms with Crippen LogP contribution in [0.2, 0.25) is 0 Å². The molecule has 1 aliphatic rings. The lowest BCUT2D eigenvalue weighted by Gasteiger charge is -2.33. The molecule has 0 atom stereocenters. The summed E-state index contributed by atoms with van der Waals surface area (Å²) in [6.07, 6.45) is -2.11. The van der Waals surface area contributed by atoms with E-state index in [-0.39, 0.29) is 12.8 Å². The van der Waals surface area contributed by atoms with E-state index in [0.29, 0.717) is 18.9 Å². The van der Waals surface area contributed by atoms with Crippen molar-refractivity contribution >= 4 is 34.1 Å². The molecule has 0 spiro atoms. The number of nitrogens with zero attached hydrogens (tertiary/aromatic N) is 4. The maximum atomic E-state index is 12.6. The first-order valence-electron chi connectivity index (χ1n) is 6.27. The van der Waals surface area contributed by atoms with Gasteiger partial charge in [0.1, 0.15) is 9.52 Å². The van der Waals surface area contributed by atoms with Crippen LogP contribution in [-0.2, 0) is 0 Å². The van der Waals surface area contributed by atoms with Crippen molar-refractivity contribution in [1.82, 2.24) is 14.6 Å². The normalized spacial score (nSPS) is 17.9. The number of hydrogen-bond acceptors (Lipinski definition) is 3. The molecule has 3 heterocycles. The van der Waals surface area contributed by atoms with E-state index in [0.717, 1.165) is 9.35 Å². The van der Waals surface area contributed by atoms with E-state index in [2.05, 4.69) is 32.7 Å². The van der Waals surface area contributed by atoms with Crippen LogP contribution >= 0.6 is 22.6 Å². The highest BCUT2D eigenvalue weighted by Gasteiger charge is 2.41. The summed E-state index contributed by atoms with van der Waals surface area (Å²) in [5, 5.41) is 4.44. The van der Waals surface area contributed by atoms with Crippen molar-refractivity contribution in [3.63, 3.8) is 0 Å². The number of fused-ring (bicyclic) bond motifs is 1. The molecule has 0 radical (unpaired) electrons. The Balaban J connectivity index is 1.78. The fraction of sp³-hybridized carbons (Fsp3) is 0.500. The third-order valence-electron chi connectivity index (χ3n) is 3.59. The summed E-state index contributed by atoms with van der Waals surface area (Å²) in [4.78, 5) is 6.08. The fourth-order valence-electron chi connectivity index (χ4n) is 2.44. The molecule has 1 aliphatic heterocycles. The number of halogens is 4. The lowest BCUT2D eigenvalue weighted by Crippen LogP contribution is -2.39. The minimum absolute atomic E-state index is 0.129. The molecule has 3 rings (SSSR count). The van der Waals surface area contributed by atoms with Crippen molar-refractivity contribution in [2.24, 2.45) is 5.92 Å². The predicted octanol–water partition coefficient (Wildman–Crippen LogP) is 3.11. The lowest BCUT2D eigenvalue weighted by atomic mass is 9.96. The molecule has 0 N–H and O–H groups in total. The van der Waals surface area contributed by atoms with Gasteiger partial charge in [-0.3, -0.25) is 0 Å². The monoisotopic (exact) mass is 396 g/mol. The van der Waals surface area contributed by atoms with Crippen molar-refractivity contribution in [3.8, 4) is 0 Å². The molecule has 2 aromatic rings. The molecule has 8 heteroatoms. The maximum Gasteiger partial charge on any atom is 0.391 e. The van der Waals surface area contributed by atoms with Gasteiger partial charge in [0.15, 0.2) is 5.65 Å². The van der Waals surface area contributed by atoms with Crippen LogP contribution in [0.3, 0.4) is 0 Å². The highest BCUT2D eigenvalue weighted by Crippen LogP contribution is 2.35. The Bertz CT molecular complexity index is 617. The molecule has 0 aromatic carbocycles. The van der Waals surface area contributed by atoms with Gasteiger partial charge in [0, 0.05) is 13.1 Å². The first kappa shape index (κ1) is 13.9. The molecular formula is C12H12F3IN4. The topological polar surface area (TPSA) is 33.4 Å². The minimum atomic E-state index is -4.08. The Morgan fingerprint density at radius 2 is 1.90 bits per heavy atom. The average Bonchev–Trinajstić information content (AvgIpc) is 2.79. The Hall–Kier alpha value is -1.06. The van der Waals surface area contributed by atoms with Gasteiger partial charge >= 0.3 is 6.18 Å². The van der Waals surface area contributed by atoms with Gasteiger partial charge in [-0.1, -0.05) is 0 Å². The van der Waals surface area contributed by atoms with E-state index in [1.54, 1.807) is 10.7 Å². The predicted molar refractivity (Wildman–Crippen MR) is 76.7 cm³/mol. The molecule has 108 valence electrons. The van der Waals surface area contributed by atoms with Gasteiger partial charge in [0.05, 0.1) is 12.1 Å². The number of alkyl halides is 3. The van der Waals surface area contributed by atoms with Gasteiger partial charge in [-0.15, -0.1) is 5.10 Å². The Kier molecular flexibility index (Phi) is 3.51. The van der Waals surface area contributed by atoms with Crippen LogP contribution in [0.25, 0.3) is 5.65 Å². The van der Waals surface area contributed by atoms with Crippen LogP contribution in [0.1, 0.15) is 12.8 Å². The van der Waals surface area contributed by atoms with Crippen LogP contribution < -0.4 is 4.90 Å². The second-order valence-electron chi connectivity index (χ2n) is 4.85. The minimum Gasteiger partial charge on any atom is -0.355 e. The smallest absolute Gasteiger partial charge is 0.355 e. The van der Waals surface area contributed by atoms with Crippen LogP contribution in [0.15, 0.2) is 18.3 Å². The van der Waals surface area contributed by atoms with Crippen LogP contribution in [0.4, 0.5) is 19.0 Å². The number of imidazole rings is 1. The number of aromatic nitrogens is 3. The molecule has 20 heavy (non-hydrogen) atoms. The lowest BCUT2D eigenvalue weighted by molar-refractivity contribution is -0.179. The van der Waals surface area contributed by atoms with E-state index >= 15 is 0 Å². The zero-order chi connectivity index (χ0) is 14.3. The molecule has 0 amide bonds. The van der Waals surface area contributed by atoms with E-state index < -0.39 is 12.1 Å². The number of piperidine rings is 1. The van der Waals surface area contributed by atoms with E-state index in [1.165, 1.54) is 0 Å². The van der Waals surface area contributed by atoms with E-state index in [9.17, 15) is 13.2 Å². The highest BCUT2D eigenvalue weighted by molar-refractivity contribution is 14.1. The maximum absolute atomic E-state index is 12.6. The fourth-order valence-corrected chi connectivity index (χ4v) is 2.93. The molecule has 0 saturated carbocycles. The summed E-state index contributed by atoms with van der Waals surface area (Å²) < 4.78 is 40.5. The van der Waals surface area contributed by atoms with Crippen LogP contribution in [-0.4, -0.2) is 33.9 Å². The van der Waals surface area contributed by atoms with Gasteiger partial charge < -0.3 is 4.90 Å². The standard InChI is InChI=1S/C12H12F3IN4/c13-12(14,15)8-3-5-19(6-4-8)11-2-1-10-17-7-9(16)20(10)18-11/h1-2,7-8H,3-6H2. The van der Waals surface area contributed by atoms with Crippen molar-refractivity contribution in [3.05, 3.63) is 22.0 Å². The van der Waals surface area contributed by atoms with Gasteiger partial charge in [0.2, 0.25) is 0 Å². The van der Waals surface area contributed by atoms with Crippen molar-refractivity contribution < 1.29 is 13.2 Å². The van der Waals surface area contributed by atoms with Gasteiger partial charge in [-0.05, 0) is 47.6 Å². The van der Waals surface area contributed by atoms with Crippen molar-refractivity contribution in [2.75, 3.05) is 18.0 Å². The summed E-state index contributed by atoms with van der Waals surface area (Å²) in [7, 11) is 0. The Labute approximate surface area is 127 Å². The van der Waals surface area contributed by atoms with Gasteiger partial charge in [0.25, 0.3) is 0 Å². The first-order valence-corrected chi connectivity index (χ1v) is 7.35. The number of anilines is 1. The summed E-state index contributed by atoms with van der Waals surface area (Å²) in [6, 6.07) is 3.65. The molecule has 1 saturated heterocycles. The summed E-state index contributed by atoms with van der Waals surface area (Å²) in [6.45, 7) is 0.766. The summed E-state index contributed by atoms with van der Waals surface area (Å²) in [5.74, 6) is -0.482. The zero-order valence-electron chi connectivity index (χ0n) is 10.4. The second kappa shape index (κ2) is 5.05. The zero-order valence-corrected chi connectivity index (χ0v) is 12.6. The van der Waals surface area contributed by atoms with Crippen LogP contribution in [0, 0.1) is 9.62 Å². The van der Waals surface area contributed by atoms with Crippen molar-refractivity contribution in [1.29, 1.82) is 0 Å². The average molecular weight is 396 g/mol. The summed E-state index contributed by atoms with van der Waals surface area (Å²) >= 11 is 2.13.